The van der Waals surface area contributed by atoms with Crippen molar-refractivity contribution in [2.24, 2.45) is 0 Å². The van der Waals surface area contributed by atoms with E-state index < -0.39 is 0 Å². The minimum Gasteiger partial charge on any atom is -0.456 e. The second-order valence-corrected chi connectivity index (χ2v) is 18.4. The van der Waals surface area contributed by atoms with Gasteiger partial charge in [0, 0.05) is 56.5 Å². The average molecular weight is 809 g/mol. The molecule has 3 aromatic heterocycles. The van der Waals surface area contributed by atoms with Crippen molar-refractivity contribution in [3.8, 4) is 33.4 Å². The maximum absolute atomic E-state index is 6.87. The van der Waals surface area contributed by atoms with Gasteiger partial charge >= 0.3 is 0 Å². The van der Waals surface area contributed by atoms with Crippen molar-refractivity contribution in [3.05, 3.63) is 194 Å². The maximum Gasteiger partial charge on any atom is 0.136 e. The molecule has 3 heterocycles. The SMILES string of the molecule is c1ccc2cc(-c3c4ccccc4c(-c4ccc5c(c4)oc4cc(-c6cc7c8ccc9sc%10ccccc%10c9c8sc7c7ccccc67)ccc45)c4ccccc34)ccc2c1. The Labute approximate surface area is 357 Å². The van der Waals surface area contributed by atoms with E-state index in [-0.39, 0.29) is 0 Å². The lowest BCUT2D eigenvalue weighted by atomic mass is 9.85. The van der Waals surface area contributed by atoms with Gasteiger partial charge in [-0.2, -0.15) is 0 Å². The third kappa shape index (κ3) is 4.82. The van der Waals surface area contributed by atoms with Gasteiger partial charge in [-0.3, -0.25) is 0 Å². The van der Waals surface area contributed by atoms with Crippen LogP contribution in [0.15, 0.2) is 199 Å². The van der Waals surface area contributed by atoms with Gasteiger partial charge in [0.15, 0.2) is 0 Å². The number of hydrogen-bond acceptors (Lipinski definition) is 3. The molecule has 14 rings (SSSR count). The summed E-state index contributed by atoms with van der Waals surface area (Å²) in [6, 6.07) is 71.7. The minimum atomic E-state index is 0.896. The lowest BCUT2D eigenvalue weighted by Gasteiger charge is -2.18. The molecule has 0 unspecified atom stereocenters. The first-order chi connectivity index (χ1) is 30.2. The Morgan fingerprint density at radius 1 is 0.295 bits per heavy atom. The molecule has 0 fully saturated rings. The number of rotatable bonds is 3. The van der Waals surface area contributed by atoms with E-state index in [1.165, 1.54) is 106 Å². The van der Waals surface area contributed by atoms with E-state index in [1.54, 1.807) is 0 Å². The summed E-state index contributed by atoms with van der Waals surface area (Å²) < 4.78 is 12.3. The molecular formula is C58H32OS2. The Hall–Kier alpha value is -7.30. The molecule has 3 heteroatoms. The zero-order chi connectivity index (χ0) is 39.8. The lowest BCUT2D eigenvalue weighted by Crippen LogP contribution is -1.91. The van der Waals surface area contributed by atoms with Gasteiger partial charge in [0.05, 0.1) is 0 Å². The lowest BCUT2D eigenvalue weighted by molar-refractivity contribution is 0.669. The fourth-order valence-corrected chi connectivity index (χ4v) is 12.9. The van der Waals surface area contributed by atoms with Crippen LogP contribution in [0.2, 0.25) is 0 Å². The highest BCUT2D eigenvalue weighted by atomic mass is 32.1. The van der Waals surface area contributed by atoms with Crippen molar-refractivity contribution >= 4 is 128 Å². The Kier molecular flexibility index (Phi) is 6.93. The van der Waals surface area contributed by atoms with Crippen LogP contribution in [0.3, 0.4) is 0 Å². The number of thiophene rings is 2. The van der Waals surface area contributed by atoms with Crippen LogP contribution in [0.1, 0.15) is 0 Å². The van der Waals surface area contributed by atoms with Crippen molar-refractivity contribution in [1.82, 2.24) is 0 Å². The highest BCUT2D eigenvalue weighted by Gasteiger charge is 2.20. The van der Waals surface area contributed by atoms with Crippen molar-refractivity contribution in [2.45, 2.75) is 0 Å². The molecule has 0 aliphatic heterocycles. The molecule has 0 aliphatic carbocycles. The number of fused-ring (bicyclic) bond motifs is 15. The van der Waals surface area contributed by atoms with Gasteiger partial charge in [-0.25, -0.2) is 0 Å². The topological polar surface area (TPSA) is 13.1 Å². The van der Waals surface area contributed by atoms with Crippen LogP contribution in [-0.2, 0) is 0 Å². The Bertz CT molecular complexity index is 4120. The number of furan rings is 1. The first kappa shape index (κ1) is 33.5. The molecule has 0 N–H and O–H groups in total. The predicted octanol–water partition coefficient (Wildman–Crippen LogP) is 17.9. The van der Waals surface area contributed by atoms with E-state index in [2.05, 4.69) is 194 Å². The summed E-state index contributed by atoms with van der Waals surface area (Å²) in [5, 5.41) is 17.6. The molecule has 0 saturated carbocycles. The van der Waals surface area contributed by atoms with Crippen LogP contribution in [0.5, 0.6) is 0 Å². The van der Waals surface area contributed by atoms with Crippen molar-refractivity contribution < 1.29 is 4.42 Å². The third-order valence-electron chi connectivity index (χ3n) is 13.0. The van der Waals surface area contributed by atoms with Gasteiger partial charge in [-0.05, 0) is 120 Å². The molecule has 282 valence electrons. The van der Waals surface area contributed by atoms with Gasteiger partial charge in [0.2, 0.25) is 0 Å². The summed E-state index contributed by atoms with van der Waals surface area (Å²) in [6.45, 7) is 0. The second-order valence-electron chi connectivity index (χ2n) is 16.3. The molecule has 61 heavy (non-hydrogen) atoms. The quantitative estimate of drug-likeness (QED) is 0.162. The zero-order valence-corrected chi connectivity index (χ0v) is 34.3. The monoisotopic (exact) mass is 808 g/mol. The summed E-state index contributed by atoms with van der Waals surface area (Å²) in [6.07, 6.45) is 0. The van der Waals surface area contributed by atoms with E-state index in [9.17, 15) is 0 Å². The minimum absolute atomic E-state index is 0.896. The van der Waals surface area contributed by atoms with Crippen LogP contribution in [0, 0.1) is 0 Å². The summed E-state index contributed by atoms with van der Waals surface area (Å²) >= 11 is 3.83. The van der Waals surface area contributed by atoms with Gasteiger partial charge in [-0.15, -0.1) is 22.7 Å². The zero-order valence-electron chi connectivity index (χ0n) is 32.7. The van der Waals surface area contributed by atoms with E-state index in [0.717, 1.165) is 33.1 Å². The van der Waals surface area contributed by atoms with Crippen LogP contribution in [0.4, 0.5) is 0 Å². The van der Waals surface area contributed by atoms with Gasteiger partial charge in [-0.1, -0.05) is 146 Å². The second kappa shape index (κ2) is 12.6. The van der Waals surface area contributed by atoms with Gasteiger partial charge < -0.3 is 4.42 Å². The molecule has 0 saturated heterocycles. The first-order valence-electron chi connectivity index (χ1n) is 20.8. The average Bonchev–Trinajstić information content (AvgIpc) is 4.01. The highest BCUT2D eigenvalue weighted by Crippen LogP contribution is 2.49. The molecular weight excluding hydrogens is 777 g/mol. The van der Waals surface area contributed by atoms with Gasteiger partial charge in [0.1, 0.15) is 11.2 Å². The van der Waals surface area contributed by atoms with Crippen molar-refractivity contribution in [3.63, 3.8) is 0 Å². The Morgan fingerprint density at radius 2 is 0.820 bits per heavy atom. The summed E-state index contributed by atoms with van der Waals surface area (Å²) in [5.74, 6) is 0. The van der Waals surface area contributed by atoms with E-state index in [1.807, 2.05) is 22.7 Å². The molecule has 0 aliphatic rings. The summed E-state index contributed by atoms with van der Waals surface area (Å²) in [7, 11) is 0. The molecule has 0 atom stereocenters. The Morgan fingerprint density at radius 3 is 1.54 bits per heavy atom. The van der Waals surface area contributed by atoms with Gasteiger partial charge in [0.25, 0.3) is 0 Å². The van der Waals surface area contributed by atoms with Crippen LogP contribution < -0.4 is 0 Å². The third-order valence-corrected chi connectivity index (χ3v) is 15.4. The van der Waals surface area contributed by atoms with Crippen molar-refractivity contribution in [2.75, 3.05) is 0 Å². The number of benzene rings is 11. The standard InChI is InChI=1S/C58H32OS2/c1-2-12-34-29-36(22-21-33(34)11-1)54-41-14-4-6-16-43(41)55(44-17-7-5-15-42(44)54)37-24-26-40-39-25-23-35(30-50(39)59-51(40)31-37)48-32-49-46-27-28-53-56(47-19-9-10-20-52(47)60-53)58(46)61-57(49)45-18-8-3-13-38(45)48/h1-32H. The van der Waals surface area contributed by atoms with Crippen LogP contribution >= 0.6 is 22.7 Å². The summed E-state index contributed by atoms with van der Waals surface area (Å²) in [5.41, 5.74) is 9.07. The summed E-state index contributed by atoms with van der Waals surface area (Å²) in [4.78, 5) is 0. The van der Waals surface area contributed by atoms with E-state index in [4.69, 9.17) is 4.42 Å². The van der Waals surface area contributed by atoms with E-state index in [0.29, 0.717) is 0 Å². The van der Waals surface area contributed by atoms with Crippen LogP contribution in [-0.4, -0.2) is 0 Å². The molecule has 0 radical (unpaired) electrons. The van der Waals surface area contributed by atoms with Crippen LogP contribution in [0.25, 0.3) is 139 Å². The van der Waals surface area contributed by atoms with Crippen molar-refractivity contribution in [1.29, 1.82) is 0 Å². The normalized spacial score (nSPS) is 12.3. The maximum atomic E-state index is 6.87. The smallest absolute Gasteiger partial charge is 0.136 e. The molecule has 0 amide bonds. The fourth-order valence-electron chi connectivity index (χ4n) is 10.3. The molecule has 11 aromatic carbocycles. The molecule has 0 spiro atoms. The molecule has 0 bridgehead atoms. The molecule has 1 nitrogen and oxygen atoms in total. The predicted molar refractivity (Wildman–Crippen MR) is 266 cm³/mol. The number of hydrogen-bond donors (Lipinski definition) is 0. The highest BCUT2D eigenvalue weighted by molar-refractivity contribution is 7.30. The van der Waals surface area contributed by atoms with E-state index >= 15 is 0 Å². The Balaban J connectivity index is 0.946. The molecule has 14 aromatic rings. The fraction of sp³-hybridized carbons (Fsp3) is 0. The largest absolute Gasteiger partial charge is 0.456 e. The first-order valence-corrected chi connectivity index (χ1v) is 22.4.